The second kappa shape index (κ2) is 15.9. The highest BCUT2D eigenvalue weighted by Gasteiger charge is 2.24. The van der Waals surface area contributed by atoms with Crippen LogP contribution in [0.3, 0.4) is 0 Å². The Morgan fingerprint density at radius 3 is 2.17 bits per heavy atom. The van der Waals surface area contributed by atoms with E-state index in [4.69, 9.17) is 24.9 Å². The lowest BCUT2D eigenvalue weighted by Crippen LogP contribution is -2.42. The number of benzene rings is 1. The number of carboxylic acids is 2. The van der Waals surface area contributed by atoms with Crippen LogP contribution in [0.1, 0.15) is 64.2 Å². The van der Waals surface area contributed by atoms with Crippen LogP contribution in [-0.4, -0.2) is 88.4 Å². The van der Waals surface area contributed by atoms with Crippen molar-refractivity contribution in [2.24, 2.45) is 0 Å². The smallest absolute Gasteiger partial charge is 0.303 e. The number of ether oxygens (including phenoxy) is 1. The molecule has 0 atom stereocenters. The highest BCUT2D eigenvalue weighted by Crippen LogP contribution is 2.26. The largest absolute Gasteiger partial charge is 0.494 e. The SMILES string of the molecule is COc1ccc(Nc2nc(NC3CCCCCC3)nc(N(C)C3CCN(C)CC3)n2)cc1F.O=C(O)CCC(=O)O. The van der Waals surface area contributed by atoms with Gasteiger partial charge in [0.05, 0.1) is 20.0 Å². The third-order valence-corrected chi connectivity index (χ3v) is 7.32. The fourth-order valence-corrected chi connectivity index (χ4v) is 4.88. The molecule has 4 N–H and O–H groups in total. The first-order valence-electron chi connectivity index (χ1n) is 14.1. The zero-order valence-corrected chi connectivity index (χ0v) is 24.1. The summed E-state index contributed by atoms with van der Waals surface area (Å²) < 4.78 is 19.2. The van der Waals surface area contributed by atoms with Crippen molar-refractivity contribution in [3.05, 3.63) is 24.0 Å². The van der Waals surface area contributed by atoms with Crippen LogP contribution in [0.5, 0.6) is 5.75 Å². The molecule has 226 valence electrons. The molecule has 1 aromatic carbocycles. The fraction of sp³-hybridized carbons (Fsp3) is 0.607. The predicted molar refractivity (Wildman–Crippen MR) is 155 cm³/mol. The molecular weight excluding hydrogens is 533 g/mol. The van der Waals surface area contributed by atoms with E-state index >= 15 is 0 Å². The highest BCUT2D eigenvalue weighted by molar-refractivity contribution is 5.75. The van der Waals surface area contributed by atoms with Gasteiger partial charge in [0.1, 0.15) is 0 Å². The number of halogens is 1. The molecule has 0 unspecified atom stereocenters. The van der Waals surface area contributed by atoms with Crippen molar-refractivity contribution in [3.63, 3.8) is 0 Å². The van der Waals surface area contributed by atoms with Crippen LogP contribution < -0.4 is 20.3 Å². The Bertz CT molecular complexity index is 1120. The molecule has 0 bridgehead atoms. The van der Waals surface area contributed by atoms with Crippen molar-refractivity contribution < 1.29 is 28.9 Å². The minimum atomic E-state index is -1.08. The Labute approximate surface area is 240 Å². The molecule has 2 aliphatic rings. The topological polar surface area (TPSA) is 153 Å². The molecule has 2 fully saturated rings. The van der Waals surface area contributed by atoms with Gasteiger partial charge >= 0.3 is 11.9 Å². The monoisotopic (exact) mass is 575 g/mol. The van der Waals surface area contributed by atoms with Crippen molar-refractivity contribution >= 4 is 35.5 Å². The van der Waals surface area contributed by atoms with E-state index in [1.807, 2.05) is 0 Å². The summed E-state index contributed by atoms with van der Waals surface area (Å²) in [6, 6.07) is 5.48. The summed E-state index contributed by atoms with van der Waals surface area (Å²) in [5.74, 6) is -0.776. The lowest BCUT2D eigenvalue weighted by atomic mass is 10.0. The van der Waals surface area contributed by atoms with Crippen molar-refractivity contribution in [1.29, 1.82) is 0 Å². The number of piperidine rings is 1. The van der Waals surface area contributed by atoms with Gasteiger partial charge in [-0.15, -0.1) is 0 Å². The molecule has 2 aromatic rings. The van der Waals surface area contributed by atoms with Gasteiger partial charge in [0.25, 0.3) is 0 Å². The second-order valence-electron chi connectivity index (χ2n) is 10.5. The van der Waals surface area contributed by atoms with E-state index in [1.54, 1.807) is 12.1 Å². The number of carboxylic acid groups (broad SMARTS) is 2. The van der Waals surface area contributed by atoms with Crippen molar-refractivity contribution in [2.45, 2.75) is 76.3 Å². The zero-order valence-electron chi connectivity index (χ0n) is 24.1. The third-order valence-electron chi connectivity index (χ3n) is 7.32. The number of carbonyl (C=O) groups is 2. The molecule has 4 rings (SSSR count). The van der Waals surface area contributed by atoms with Crippen molar-refractivity contribution in [3.8, 4) is 5.75 Å². The first-order valence-corrected chi connectivity index (χ1v) is 14.1. The van der Waals surface area contributed by atoms with Crippen molar-refractivity contribution in [2.75, 3.05) is 49.8 Å². The van der Waals surface area contributed by atoms with Gasteiger partial charge in [0.2, 0.25) is 17.8 Å². The summed E-state index contributed by atoms with van der Waals surface area (Å²) in [4.78, 5) is 37.9. The van der Waals surface area contributed by atoms with Gasteiger partial charge < -0.3 is 35.4 Å². The van der Waals surface area contributed by atoms with Crippen LogP contribution >= 0.6 is 0 Å². The number of aromatic nitrogens is 3. The van der Waals surface area contributed by atoms with E-state index in [2.05, 4.69) is 39.5 Å². The summed E-state index contributed by atoms with van der Waals surface area (Å²) >= 11 is 0. The summed E-state index contributed by atoms with van der Waals surface area (Å²) in [6.07, 6.45) is 8.81. The van der Waals surface area contributed by atoms with Gasteiger partial charge in [-0.25, -0.2) is 4.39 Å². The van der Waals surface area contributed by atoms with Gasteiger partial charge in [-0.1, -0.05) is 25.7 Å². The number of hydrogen-bond donors (Lipinski definition) is 4. The maximum absolute atomic E-state index is 14.2. The Morgan fingerprint density at radius 2 is 1.61 bits per heavy atom. The quantitative estimate of drug-likeness (QED) is 0.298. The van der Waals surface area contributed by atoms with E-state index in [9.17, 15) is 14.0 Å². The van der Waals surface area contributed by atoms with Crippen LogP contribution in [0, 0.1) is 5.82 Å². The molecule has 2 heterocycles. The van der Waals surface area contributed by atoms with Gasteiger partial charge in [0, 0.05) is 30.9 Å². The molecule has 1 aliphatic heterocycles. The average Bonchev–Trinajstić information content (AvgIpc) is 3.21. The number of hydrogen-bond acceptors (Lipinski definition) is 10. The molecule has 1 aromatic heterocycles. The number of rotatable bonds is 10. The lowest BCUT2D eigenvalue weighted by Gasteiger charge is -2.35. The first-order chi connectivity index (χ1) is 19.6. The number of likely N-dealkylation sites (tertiary alicyclic amines) is 1. The number of anilines is 4. The molecule has 0 spiro atoms. The number of methoxy groups -OCH3 is 1. The molecule has 13 heteroatoms. The van der Waals surface area contributed by atoms with Crippen LogP contribution in [0.4, 0.5) is 27.9 Å². The Kier molecular flexibility index (Phi) is 12.3. The van der Waals surface area contributed by atoms with Crippen molar-refractivity contribution in [1.82, 2.24) is 19.9 Å². The lowest BCUT2D eigenvalue weighted by molar-refractivity contribution is -0.143. The zero-order chi connectivity index (χ0) is 29.8. The van der Waals surface area contributed by atoms with Crippen LogP contribution in [0.15, 0.2) is 18.2 Å². The Hall–Kier alpha value is -3.74. The summed E-state index contributed by atoms with van der Waals surface area (Å²) in [5, 5.41) is 22.5. The third kappa shape index (κ3) is 10.6. The molecule has 0 amide bonds. The molecule has 0 radical (unpaired) electrons. The van der Waals surface area contributed by atoms with Gasteiger partial charge in [-0.2, -0.15) is 15.0 Å². The van der Waals surface area contributed by atoms with Crippen LogP contribution in [0.25, 0.3) is 0 Å². The minimum absolute atomic E-state index is 0.203. The minimum Gasteiger partial charge on any atom is -0.494 e. The number of aliphatic carboxylic acids is 2. The van der Waals surface area contributed by atoms with Gasteiger partial charge in [-0.05, 0) is 58.0 Å². The standard InChI is InChI=1S/C24H36FN7O.C4H6O4/c1-31-14-12-19(13-15-31)32(2)24-29-22(26-17-8-6-4-5-7-9-17)28-23(30-24)27-18-10-11-21(33-3)20(25)16-18;5-3(6)1-2-4(7)8/h10-11,16-17,19H,4-9,12-15H2,1-3H3,(H2,26,27,28,29,30);1-2H2,(H,5,6)(H,7,8). The van der Waals surface area contributed by atoms with E-state index in [0.29, 0.717) is 35.6 Å². The molecule has 1 saturated heterocycles. The normalized spacial score (nSPS) is 16.6. The summed E-state index contributed by atoms with van der Waals surface area (Å²) in [7, 11) is 5.66. The average molecular weight is 576 g/mol. The van der Waals surface area contributed by atoms with E-state index in [1.165, 1.54) is 38.9 Å². The molecule has 12 nitrogen and oxygen atoms in total. The Balaban J connectivity index is 0.000000507. The number of nitrogens with one attached hydrogen (secondary N) is 2. The molecule has 1 aliphatic carbocycles. The highest BCUT2D eigenvalue weighted by atomic mass is 19.1. The van der Waals surface area contributed by atoms with E-state index in [0.717, 1.165) is 38.8 Å². The van der Waals surface area contributed by atoms with Gasteiger partial charge in [-0.3, -0.25) is 9.59 Å². The maximum Gasteiger partial charge on any atom is 0.303 e. The van der Waals surface area contributed by atoms with Crippen LogP contribution in [-0.2, 0) is 9.59 Å². The molecule has 1 saturated carbocycles. The summed E-state index contributed by atoms with van der Waals surface area (Å²) in [6.45, 7) is 2.12. The summed E-state index contributed by atoms with van der Waals surface area (Å²) in [5.41, 5.74) is 0.563. The Morgan fingerprint density at radius 1 is 1.00 bits per heavy atom. The second-order valence-corrected chi connectivity index (χ2v) is 10.5. The first kappa shape index (κ1) is 31.8. The number of nitrogens with zero attached hydrogens (tertiary/aromatic N) is 5. The van der Waals surface area contributed by atoms with Crippen LogP contribution in [0.2, 0.25) is 0 Å². The molecular formula is C28H42FN7O5. The maximum atomic E-state index is 14.2. The predicted octanol–water partition coefficient (Wildman–Crippen LogP) is 4.36. The van der Waals surface area contributed by atoms with E-state index in [-0.39, 0.29) is 18.6 Å². The fourth-order valence-electron chi connectivity index (χ4n) is 4.88. The van der Waals surface area contributed by atoms with E-state index < -0.39 is 17.8 Å². The molecule has 41 heavy (non-hydrogen) atoms. The van der Waals surface area contributed by atoms with Gasteiger partial charge in [0.15, 0.2) is 11.6 Å².